The number of rotatable bonds is 7. The number of imide groups is 1. The van der Waals surface area contributed by atoms with E-state index in [2.05, 4.69) is 0 Å². The van der Waals surface area contributed by atoms with E-state index in [0.717, 1.165) is 22.8 Å². The standard InChI is InChI=1S/C19H17BClNO5S/c20-13-3-6-15(27-10-17(23)24)12(7-13)8-16-18(25)22(19(26)28-16)9-11-1-4-14(21)5-2-11/h1-7,16H,8-10,20H2,(H,23,24). The molecule has 0 spiro atoms. The summed E-state index contributed by atoms with van der Waals surface area (Å²) in [6.45, 7) is -0.280. The molecule has 6 nitrogen and oxygen atoms in total. The summed E-state index contributed by atoms with van der Waals surface area (Å²) < 4.78 is 5.33. The highest BCUT2D eigenvalue weighted by molar-refractivity contribution is 8.15. The number of benzene rings is 2. The van der Waals surface area contributed by atoms with Crippen molar-refractivity contribution in [2.24, 2.45) is 0 Å². The molecule has 9 heteroatoms. The number of carbonyl (C=O) groups is 3. The zero-order valence-electron chi connectivity index (χ0n) is 15.1. The first-order chi connectivity index (χ1) is 13.3. The average molecular weight is 418 g/mol. The van der Waals surface area contributed by atoms with Crippen LogP contribution in [-0.4, -0.2) is 46.8 Å². The lowest BCUT2D eigenvalue weighted by atomic mass is 9.92. The number of thioether (sulfide) groups is 1. The van der Waals surface area contributed by atoms with Crippen LogP contribution in [0.3, 0.4) is 0 Å². The van der Waals surface area contributed by atoms with Gasteiger partial charge in [0.15, 0.2) is 6.61 Å². The van der Waals surface area contributed by atoms with E-state index < -0.39 is 17.8 Å². The van der Waals surface area contributed by atoms with Gasteiger partial charge in [-0.25, -0.2) is 4.79 Å². The lowest BCUT2D eigenvalue weighted by molar-refractivity contribution is -0.139. The van der Waals surface area contributed by atoms with Crippen molar-refractivity contribution in [2.45, 2.75) is 18.2 Å². The topological polar surface area (TPSA) is 83.9 Å². The molecule has 1 aliphatic rings. The minimum absolute atomic E-state index is 0.189. The van der Waals surface area contributed by atoms with Crippen LogP contribution in [0.15, 0.2) is 42.5 Å². The van der Waals surface area contributed by atoms with Crippen LogP contribution in [0.4, 0.5) is 4.79 Å². The molecular formula is C19H17BClNO5S. The minimum Gasteiger partial charge on any atom is -0.482 e. The summed E-state index contributed by atoms with van der Waals surface area (Å²) in [6, 6.07) is 12.3. The first kappa shape index (κ1) is 20.3. The van der Waals surface area contributed by atoms with Crippen LogP contribution in [0.2, 0.25) is 5.02 Å². The molecule has 1 atom stereocenters. The summed E-state index contributed by atoms with van der Waals surface area (Å²) in [4.78, 5) is 37.1. The van der Waals surface area contributed by atoms with Gasteiger partial charge in [0, 0.05) is 5.02 Å². The first-order valence-corrected chi connectivity index (χ1v) is 9.80. The van der Waals surface area contributed by atoms with E-state index in [1.807, 2.05) is 20.0 Å². The van der Waals surface area contributed by atoms with Crippen LogP contribution in [-0.2, 0) is 22.6 Å². The molecule has 0 bridgehead atoms. The number of halogens is 1. The number of carbonyl (C=O) groups excluding carboxylic acids is 2. The Hall–Kier alpha value is -2.45. The molecule has 2 aromatic rings. The maximum Gasteiger partial charge on any atom is 0.341 e. The molecule has 1 fully saturated rings. The Morgan fingerprint density at radius 3 is 2.61 bits per heavy atom. The first-order valence-electron chi connectivity index (χ1n) is 8.54. The largest absolute Gasteiger partial charge is 0.482 e. The van der Waals surface area contributed by atoms with E-state index in [-0.39, 0.29) is 24.1 Å². The third-order valence-corrected chi connectivity index (χ3v) is 5.56. The van der Waals surface area contributed by atoms with Gasteiger partial charge in [-0.2, -0.15) is 0 Å². The summed E-state index contributed by atoms with van der Waals surface area (Å²) >= 11 is 6.85. The number of ether oxygens (including phenoxy) is 1. The van der Waals surface area contributed by atoms with E-state index in [1.165, 1.54) is 4.90 Å². The highest BCUT2D eigenvalue weighted by Crippen LogP contribution is 2.32. The maximum absolute atomic E-state index is 12.8. The van der Waals surface area contributed by atoms with Crippen LogP contribution < -0.4 is 10.2 Å². The minimum atomic E-state index is -1.08. The van der Waals surface area contributed by atoms with Gasteiger partial charge in [0.25, 0.3) is 5.24 Å². The van der Waals surface area contributed by atoms with Gasteiger partial charge in [-0.15, -0.1) is 0 Å². The van der Waals surface area contributed by atoms with Crippen molar-refractivity contribution in [1.29, 1.82) is 0 Å². The Morgan fingerprint density at radius 1 is 1.21 bits per heavy atom. The number of hydrogen-bond acceptors (Lipinski definition) is 5. The second kappa shape index (κ2) is 8.71. The molecule has 0 aromatic heterocycles. The summed E-state index contributed by atoms with van der Waals surface area (Å²) in [7, 11) is 1.89. The van der Waals surface area contributed by atoms with Crippen LogP contribution in [0.5, 0.6) is 5.75 Å². The second-order valence-electron chi connectivity index (χ2n) is 6.42. The molecule has 1 saturated heterocycles. The van der Waals surface area contributed by atoms with Gasteiger partial charge in [-0.3, -0.25) is 14.5 Å². The molecule has 0 aliphatic carbocycles. The van der Waals surface area contributed by atoms with E-state index in [1.54, 1.807) is 30.3 Å². The monoisotopic (exact) mass is 417 g/mol. The van der Waals surface area contributed by atoms with Crippen molar-refractivity contribution in [3.63, 3.8) is 0 Å². The van der Waals surface area contributed by atoms with Crippen molar-refractivity contribution in [3.05, 3.63) is 58.6 Å². The summed E-state index contributed by atoms with van der Waals surface area (Å²) in [5.41, 5.74) is 2.47. The van der Waals surface area contributed by atoms with Gasteiger partial charge in [0.05, 0.1) is 11.8 Å². The number of carboxylic acid groups (broad SMARTS) is 1. The predicted molar refractivity (Wildman–Crippen MR) is 110 cm³/mol. The highest BCUT2D eigenvalue weighted by Gasteiger charge is 2.39. The van der Waals surface area contributed by atoms with E-state index in [4.69, 9.17) is 21.4 Å². The van der Waals surface area contributed by atoms with Gasteiger partial charge in [0.2, 0.25) is 5.91 Å². The Balaban J connectivity index is 1.74. The van der Waals surface area contributed by atoms with Crippen molar-refractivity contribution >= 4 is 53.8 Å². The SMILES string of the molecule is Bc1ccc(OCC(=O)O)c(CC2SC(=O)N(Cc3ccc(Cl)cc3)C2=O)c1. The molecular weight excluding hydrogens is 401 g/mol. The van der Waals surface area contributed by atoms with Crippen LogP contribution in [0, 0.1) is 0 Å². The molecule has 3 rings (SSSR count). The molecule has 0 radical (unpaired) electrons. The Kier molecular flexibility index (Phi) is 6.31. The molecule has 1 aliphatic heterocycles. The van der Waals surface area contributed by atoms with E-state index in [0.29, 0.717) is 16.3 Å². The molecule has 0 saturated carbocycles. The molecule has 1 heterocycles. The highest BCUT2D eigenvalue weighted by atomic mass is 35.5. The van der Waals surface area contributed by atoms with Gasteiger partial charge in [-0.1, -0.05) is 53.1 Å². The van der Waals surface area contributed by atoms with Crippen LogP contribution >= 0.6 is 23.4 Å². The van der Waals surface area contributed by atoms with Gasteiger partial charge < -0.3 is 9.84 Å². The lowest BCUT2D eigenvalue weighted by Gasteiger charge is -2.15. The average Bonchev–Trinajstić information content (AvgIpc) is 2.90. The third kappa shape index (κ3) is 4.88. The molecule has 144 valence electrons. The van der Waals surface area contributed by atoms with Crippen molar-refractivity contribution in [1.82, 2.24) is 4.90 Å². The zero-order valence-corrected chi connectivity index (χ0v) is 16.6. The van der Waals surface area contributed by atoms with Crippen LogP contribution in [0.1, 0.15) is 11.1 Å². The fourth-order valence-corrected chi connectivity index (χ4v) is 4.03. The molecule has 1 unspecified atom stereocenters. The zero-order chi connectivity index (χ0) is 20.3. The van der Waals surface area contributed by atoms with Gasteiger partial charge >= 0.3 is 5.97 Å². The van der Waals surface area contributed by atoms with Crippen molar-refractivity contribution in [3.8, 4) is 5.75 Å². The fourth-order valence-electron chi connectivity index (χ4n) is 2.89. The summed E-state index contributed by atoms with van der Waals surface area (Å²) in [5.74, 6) is -0.942. The predicted octanol–water partition coefficient (Wildman–Crippen LogP) is 1.87. The molecule has 2 aromatic carbocycles. The van der Waals surface area contributed by atoms with E-state index >= 15 is 0 Å². The normalized spacial score (nSPS) is 16.5. The van der Waals surface area contributed by atoms with Gasteiger partial charge in [0.1, 0.15) is 13.6 Å². The Bertz CT molecular complexity index is 921. The fraction of sp³-hybridized carbons (Fsp3) is 0.211. The number of nitrogens with zero attached hydrogens (tertiary/aromatic N) is 1. The lowest BCUT2D eigenvalue weighted by Crippen LogP contribution is -2.31. The summed E-state index contributed by atoms with van der Waals surface area (Å²) in [6.07, 6.45) is 0.281. The van der Waals surface area contributed by atoms with Crippen molar-refractivity contribution in [2.75, 3.05) is 6.61 Å². The Labute approximate surface area is 172 Å². The third-order valence-electron chi connectivity index (χ3n) is 4.23. The number of aliphatic carboxylic acids is 1. The molecule has 1 N–H and O–H groups in total. The molecule has 28 heavy (non-hydrogen) atoms. The van der Waals surface area contributed by atoms with Crippen LogP contribution in [0.25, 0.3) is 0 Å². The smallest absolute Gasteiger partial charge is 0.341 e. The number of hydrogen-bond donors (Lipinski definition) is 1. The van der Waals surface area contributed by atoms with E-state index in [9.17, 15) is 14.4 Å². The van der Waals surface area contributed by atoms with Gasteiger partial charge in [-0.05, 0) is 35.7 Å². The number of amides is 2. The summed E-state index contributed by atoms with van der Waals surface area (Å²) in [5, 5.41) is 8.54. The Morgan fingerprint density at radius 2 is 1.93 bits per heavy atom. The number of carboxylic acids is 1. The molecule has 2 amide bonds. The second-order valence-corrected chi connectivity index (χ2v) is 8.01. The maximum atomic E-state index is 12.8. The quantitative estimate of drug-likeness (QED) is 0.693. The van der Waals surface area contributed by atoms with Crippen molar-refractivity contribution < 1.29 is 24.2 Å².